The maximum Gasteiger partial charge on any atom is 0.273 e. The molecular formula is C17H20N2O3S. The van der Waals surface area contributed by atoms with Crippen LogP contribution in [-0.2, 0) is 29.4 Å². The van der Waals surface area contributed by atoms with Crippen molar-refractivity contribution in [3.05, 3.63) is 52.9 Å². The first kappa shape index (κ1) is 15.9. The van der Waals surface area contributed by atoms with Crippen molar-refractivity contribution in [3.63, 3.8) is 0 Å². The van der Waals surface area contributed by atoms with Crippen LogP contribution < -0.4 is 5.32 Å². The van der Waals surface area contributed by atoms with Crippen LogP contribution in [0, 0.1) is 0 Å². The van der Waals surface area contributed by atoms with Crippen LogP contribution in [0.5, 0.6) is 0 Å². The molecule has 0 spiro atoms. The second-order valence-corrected chi connectivity index (χ2v) is 7.25. The summed E-state index contributed by atoms with van der Waals surface area (Å²) in [5.41, 5.74) is 2.38. The Morgan fingerprint density at radius 2 is 2.00 bits per heavy atom. The predicted molar refractivity (Wildman–Crippen MR) is 88.6 cm³/mol. The molecule has 6 heteroatoms. The molecule has 0 fully saturated rings. The summed E-state index contributed by atoms with van der Waals surface area (Å²) >= 11 is 0. The lowest BCUT2D eigenvalue weighted by atomic mass is 9.96. The second kappa shape index (κ2) is 7.55. The van der Waals surface area contributed by atoms with Crippen LogP contribution in [0.1, 0.15) is 40.2 Å². The van der Waals surface area contributed by atoms with Crippen LogP contribution in [0.4, 0.5) is 0 Å². The van der Waals surface area contributed by atoms with Gasteiger partial charge in [-0.1, -0.05) is 35.5 Å². The van der Waals surface area contributed by atoms with Gasteiger partial charge in [-0.2, -0.15) is 0 Å². The molecule has 23 heavy (non-hydrogen) atoms. The highest BCUT2D eigenvalue weighted by Crippen LogP contribution is 2.23. The second-order valence-electron chi connectivity index (χ2n) is 5.67. The molecule has 3 rings (SSSR count). The molecule has 122 valence electrons. The molecule has 2 aromatic rings. The topological polar surface area (TPSA) is 72.2 Å². The number of nitrogens with zero attached hydrogens (tertiary/aromatic N) is 1. The van der Waals surface area contributed by atoms with Crippen molar-refractivity contribution < 1.29 is 13.5 Å². The number of amides is 1. The van der Waals surface area contributed by atoms with E-state index in [9.17, 15) is 9.00 Å². The van der Waals surface area contributed by atoms with E-state index in [1.54, 1.807) is 0 Å². The Labute approximate surface area is 137 Å². The first-order valence-corrected chi connectivity index (χ1v) is 9.37. The maximum absolute atomic E-state index is 12.2. The number of nitrogens with one attached hydrogen (secondary N) is 1. The van der Waals surface area contributed by atoms with Gasteiger partial charge in [-0.3, -0.25) is 9.00 Å². The summed E-state index contributed by atoms with van der Waals surface area (Å²) in [6.07, 6.45) is 3.86. The zero-order valence-electron chi connectivity index (χ0n) is 12.9. The highest BCUT2D eigenvalue weighted by Gasteiger charge is 2.23. The summed E-state index contributed by atoms with van der Waals surface area (Å²) in [6, 6.07) is 9.71. The number of carbonyl (C=O) groups excluding carboxylic acids is 1. The first-order chi connectivity index (χ1) is 11.2. The smallest absolute Gasteiger partial charge is 0.273 e. The number of fused-ring (bicyclic) bond motifs is 1. The number of benzene rings is 1. The Morgan fingerprint density at radius 3 is 2.83 bits per heavy atom. The number of carbonyl (C=O) groups is 1. The third-order valence-corrected chi connectivity index (χ3v) is 5.27. The molecule has 1 N–H and O–H groups in total. The Kier molecular flexibility index (Phi) is 5.23. The van der Waals surface area contributed by atoms with Gasteiger partial charge in [0, 0.05) is 40.8 Å². The minimum atomic E-state index is -0.995. The van der Waals surface area contributed by atoms with Gasteiger partial charge in [-0.15, -0.1) is 0 Å². The molecule has 1 heterocycles. The summed E-state index contributed by atoms with van der Waals surface area (Å²) in [6.45, 7) is 0.375. The third-order valence-electron chi connectivity index (χ3n) is 3.95. The normalized spacial score (nSPS) is 15.0. The van der Waals surface area contributed by atoms with E-state index in [2.05, 4.69) is 10.5 Å². The van der Waals surface area contributed by atoms with Gasteiger partial charge in [0.1, 0.15) is 5.76 Å². The van der Waals surface area contributed by atoms with E-state index in [1.165, 1.54) is 0 Å². The molecule has 1 aromatic heterocycles. The van der Waals surface area contributed by atoms with Gasteiger partial charge in [-0.05, 0) is 24.8 Å². The number of hydrogen-bond donors (Lipinski definition) is 1. The summed E-state index contributed by atoms with van der Waals surface area (Å²) in [5.74, 6) is 1.55. The molecule has 0 bridgehead atoms. The van der Waals surface area contributed by atoms with Gasteiger partial charge in [0.15, 0.2) is 5.69 Å². The number of aryl methyl sites for hydroxylation is 1. The van der Waals surface area contributed by atoms with Gasteiger partial charge >= 0.3 is 0 Å². The van der Waals surface area contributed by atoms with Crippen molar-refractivity contribution in [2.24, 2.45) is 0 Å². The Balaban J connectivity index is 1.48. The lowest BCUT2D eigenvalue weighted by Crippen LogP contribution is -2.29. The average Bonchev–Trinajstić information content (AvgIpc) is 3.00. The standard InChI is InChI=1S/C17H20N2O3S/c20-17(16-14-8-4-5-9-15(14)22-19-16)18-10-11-23(21)12-13-6-2-1-3-7-13/h1-3,6-7H,4-5,8-12H2,(H,18,20)/t23-/m0/s1. The minimum Gasteiger partial charge on any atom is -0.360 e. The highest BCUT2D eigenvalue weighted by molar-refractivity contribution is 7.84. The van der Waals surface area contributed by atoms with Crippen LogP contribution in [0.3, 0.4) is 0 Å². The Hall–Kier alpha value is -1.95. The summed E-state index contributed by atoms with van der Waals surface area (Å²) < 4.78 is 17.3. The molecular weight excluding hydrogens is 312 g/mol. The van der Waals surface area contributed by atoms with E-state index in [1.807, 2.05) is 30.3 Å². The molecule has 0 saturated heterocycles. The third kappa shape index (κ3) is 4.07. The van der Waals surface area contributed by atoms with Crippen molar-refractivity contribution in [2.45, 2.75) is 31.4 Å². The molecule has 0 aliphatic heterocycles. The highest BCUT2D eigenvalue weighted by atomic mass is 32.2. The van der Waals surface area contributed by atoms with Crippen LogP contribution in [0.25, 0.3) is 0 Å². The van der Waals surface area contributed by atoms with E-state index in [4.69, 9.17) is 4.52 Å². The monoisotopic (exact) mass is 332 g/mol. The Bertz CT molecular complexity index is 697. The molecule has 1 aromatic carbocycles. The molecule has 0 radical (unpaired) electrons. The molecule has 1 aliphatic carbocycles. The van der Waals surface area contributed by atoms with Gasteiger partial charge in [0.05, 0.1) is 0 Å². The van der Waals surface area contributed by atoms with Gasteiger partial charge in [-0.25, -0.2) is 0 Å². The zero-order valence-corrected chi connectivity index (χ0v) is 13.7. The largest absolute Gasteiger partial charge is 0.360 e. The van der Waals surface area contributed by atoms with Crippen LogP contribution >= 0.6 is 0 Å². The predicted octanol–water partition coefficient (Wildman–Crippen LogP) is 2.23. The first-order valence-electron chi connectivity index (χ1n) is 7.88. The fraction of sp³-hybridized carbons (Fsp3) is 0.412. The summed E-state index contributed by atoms with van der Waals surface area (Å²) in [7, 11) is -0.995. The molecule has 0 saturated carbocycles. The lowest BCUT2D eigenvalue weighted by molar-refractivity contribution is 0.0946. The quantitative estimate of drug-likeness (QED) is 0.880. The molecule has 1 aliphatic rings. The van der Waals surface area contributed by atoms with Crippen LogP contribution in [0.2, 0.25) is 0 Å². The van der Waals surface area contributed by atoms with Crippen molar-refractivity contribution in [3.8, 4) is 0 Å². The average molecular weight is 332 g/mol. The number of hydrogen-bond acceptors (Lipinski definition) is 4. The Morgan fingerprint density at radius 1 is 1.22 bits per heavy atom. The number of rotatable bonds is 6. The SMILES string of the molecule is O=C(NCC[S@](=O)Cc1ccccc1)c1noc2c1CCCC2. The zero-order chi connectivity index (χ0) is 16.1. The van der Waals surface area contributed by atoms with Crippen molar-refractivity contribution in [2.75, 3.05) is 12.3 Å². The maximum atomic E-state index is 12.2. The fourth-order valence-electron chi connectivity index (χ4n) is 2.76. The van der Waals surface area contributed by atoms with Crippen LogP contribution in [-0.4, -0.2) is 27.6 Å². The van der Waals surface area contributed by atoms with Crippen molar-refractivity contribution >= 4 is 16.7 Å². The van der Waals surface area contributed by atoms with E-state index in [0.29, 0.717) is 23.7 Å². The fourth-order valence-corrected chi connectivity index (χ4v) is 3.80. The molecule has 1 atom stereocenters. The van der Waals surface area contributed by atoms with Gasteiger partial charge < -0.3 is 9.84 Å². The van der Waals surface area contributed by atoms with E-state index >= 15 is 0 Å². The van der Waals surface area contributed by atoms with Gasteiger partial charge in [0.2, 0.25) is 0 Å². The van der Waals surface area contributed by atoms with Crippen LogP contribution in [0.15, 0.2) is 34.9 Å². The van der Waals surface area contributed by atoms with Crippen molar-refractivity contribution in [1.29, 1.82) is 0 Å². The molecule has 0 unspecified atom stereocenters. The van der Waals surface area contributed by atoms with Gasteiger partial charge in [0.25, 0.3) is 5.91 Å². The summed E-state index contributed by atoms with van der Waals surface area (Å²) in [4.78, 5) is 12.2. The lowest BCUT2D eigenvalue weighted by Gasteiger charge is -2.09. The molecule has 1 amide bonds. The van der Waals surface area contributed by atoms with Crippen molar-refractivity contribution in [1.82, 2.24) is 10.5 Å². The van der Waals surface area contributed by atoms with E-state index in [-0.39, 0.29) is 5.91 Å². The van der Waals surface area contributed by atoms with E-state index < -0.39 is 10.8 Å². The summed E-state index contributed by atoms with van der Waals surface area (Å²) in [5, 5.41) is 6.70. The number of aromatic nitrogens is 1. The van der Waals surface area contributed by atoms with E-state index in [0.717, 1.165) is 42.6 Å². The molecule has 5 nitrogen and oxygen atoms in total. The minimum absolute atomic E-state index is 0.228.